The van der Waals surface area contributed by atoms with Crippen molar-refractivity contribution in [1.29, 1.82) is 0 Å². The smallest absolute Gasteiger partial charge is 0.227 e. The minimum atomic E-state index is -1.60. The molecule has 0 saturated heterocycles. The first-order valence-corrected chi connectivity index (χ1v) is 6.78. The molecule has 116 valence electrons. The second-order valence-corrected chi connectivity index (χ2v) is 5.29. The molecule has 1 aliphatic carbocycles. The van der Waals surface area contributed by atoms with Gasteiger partial charge in [-0.05, 0) is 38.1 Å². The van der Waals surface area contributed by atoms with Gasteiger partial charge in [-0.15, -0.1) is 0 Å². The highest BCUT2D eigenvalue weighted by Gasteiger charge is 2.28. The van der Waals surface area contributed by atoms with Crippen LogP contribution in [0.2, 0.25) is 0 Å². The molecule has 1 aromatic carbocycles. The maximum Gasteiger partial charge on any atom is 0.227 e. The summed E-state index contributed by atoms with van der Waals surface area (Å²) in [6, 6.07) is 0.104. The molecule has 1 saturated carbocycles. The fourth-order valence-electron chi connectivity index (χ4n) is 2.57. The molecule has 1 fully saturated rings. The molecule has 0 unspecified atom stereocenters. The third-order valence-corrected chi connectivity index (χ3v) is 3.91. The number of nitrogens with one attached hydrogen (secondary N) is 1. The Bertz CT molecular complexity index is 516. The van der Waals surface area contributed by atoms with Crippen molar-refractivity contribution >= 4 is 11.6 Å². The summed E-state index contributed by atoms with van der Waals surface area (Å²) in [5.41, 5.74) is 4.47. The molecule has 3 N–H and O–H groups in total. The molecule has 0 bridgehead atoms. The third-order valence-electron chi connectivity index (χ3n) is 3.91. The van der Waals surface area contributed by atoms with Crippen LogP contribution in [0.1, 0.15) is 25.7 Å². The third kappa shape index (κ3) is 3.34. The van der Waals surface area contributed by atoms with Gasteiger partial charge in [0.15, 0.2) is 23.3 Å². The van der Waals surface area contributed by atoms with E-state index in [9.17, 15) is 22.4 Å². The van der Waals surface area contributed by atoms with Crippen molar-refractivity contribution in [2.24, 2.45) is 17.6 Å². The van der Waals surface area contributed by atoms with Crippen LogP contribution in [0.4, 0.5) is 23.2 Å². The minimum absolute atomic E-state index is 0.104. The molecule has 0 aliphatic heterocycles. The number of rotatable bonds is 3. The van der Waals surface area contributed by atoms with E-state index in [1.807, 2.05) is 5.32 Å². The standard InChI is InChI=1S/C14H16F4N2O/c15-9-5-10(16)12(18)13(11(9)17)20-14(21)8-3-1-7(6-19)2-4-8/h5,7-8H,1-4,6,19H2,(H,20,21). The average Bonchev–Trinajstić information content (AvgIpc) is 2.49. The Balaban J connectivity index is 2.10. The van der Waals surface area contributed by atoms with E-state index in [0.717, 1.165) is 12.8 Å². The number of carbonyl (C=O) groups excluding carboxylic acids is 1. The van der Waals surface area contributed by atoms with Gasteiger partial charge in [0, 0.05) is 12.0 Å². The molecule has 0 atom stereocenters. The molecule has 1 amide bonds. The van der Waals surface area contributed by atoms with E-state index in [0.29, 0.717) is 25.3 Å². The lowest BCUT2D eigenvalue weighted by Crippen LogP contribution is -2.30. The zero-order valence-corrected chi connectivity index (χ0v) is 11.3. The van der Waals surface area contributed by atoms with Crippen molar-refractivity contribution in [3.05, 3.63) is 29.3 Å². The van der Waals surface area contributed by atoms with Gasteiger partial charge in [0.05, 0.1) is 0 Å². The van der Waals surface area contributed by atoms with Crippen LogP contribution in [-0.2, 0) is 4.79 Å². The fraction of sp³-hybridized carbons (Fsp3) is 0.500. The lowest BCUT2D eigenvalue weighted by molar-refractivity contribution is -0.121. The Morgan fingerprint density at radius 1 is 1.10 bits per heavy atom. The molecule has 3 nitrogen and oxygen atoms in total. The van der Waals surface area contributed by atoms with Gasteiger partial charge in [-0.2, -0.15) is 0 Å². The number of nitrogens with two attached hydrogens (primary N) is 1. The summed E-state index contributed by atoms with van der Waals surface area (Å²) in [7, 11) is 0. The van der Waals surface area contributed by atoms with E-state index >= 15 is 0 Å². The summed E-state index contributed by atoms with van der Waals surface area (Å²) in [6.45, 7) is 0.534. The Labute approximate surface area is 119 Å². The number of amides is 1. The van der Waals surface area contributed by atoms with Crippen molar-refractivity contribution < 1.29 is 22.4 Å². The zero-order valence-electron chi connectivity index (χ0n) is 11.3. The first kappa shape index (κ1) is 15.8. The minimum Gasteiger partial charge on any atom is -0.330 e. The topological polar surface area (TPSA) is 55.1 Å². The second kappa shape index (κ2) is 6.43. The highest BCUT2D eigenvalue weighted by molar-refractivity contribution is 5.92. The molecular formula is C14H16F4N2O. The van der Waals surface area contributed by atoms with Gasteiger partial charge in [0.1, 0.15) is 5.69 Å². The number of hydrogen-bond donors (Lipinski definition) is 2. The van der Waals surface area contributed by atoms with Crippen molar-refractivity contribution in [3.63, 3.8) is 0 Å². The Morgan fingerprint density at radius 2 is 1.62 bits per heavy atom. The Morgan fingerprint density at radius 3 is 2.10 bits per heavy atom. The van der Waals surface area contributed by atoms with Gasteiger partial charge in [-0.25, -0.2) is 17.6 Å². The first-order chi connectivity index (χ1) is 9.93. The molecule has 1 aromatic rings. The van der Waals surface area contributed by atoms with Crippen LogP contribution in [0.15, 0.2) is 6.07 Å². The van der Waals surface area contributed by atoms with Crippen LogP contribution in [0, 0.1) is 35.1 Å². The largest absolute Gasteiger partial charge is 0.330 e. The molecule has 7 heteroatoms. The van der Waals surface area contributed by atoms with Crippen molar-refractivity contribution in [2.75, 3.05) is 11.9 Å². The molecule has 0 spiro atoms. The highest BCUT2D eigenvalue weighted by atomic mass is 19.2. The molecule has 1 aliphatic rings. The van der Waals surface area contributed by atoms with Gasteiger partial charge in [-0.3, -0.25) is 4.79 Å². The fourth-order valence-corrected chi connectivity index (χ4v) is 2.57. The number of anilines is 1. The van der Waals surface area contributed by atoms with Crippen LogP contribution >= 0.6 is 0 Å². The number of hydrogen-bond acceptors (Lipinski definition) is 2. The van der Waals surface area contributed by atoms with Crippen molar-refractivity contribution in [2.45, 2.75) is 25.7 Å². The van der Waals surface area contributed by atoms with Crippen LogP contribution < -0.4 is 11.1 Å². The van der Waals surface area contributed by atoms with E-state index in [-0.39, 0.29) is 6.07 Å². The molecule has 21 heavy (non-hydrogen) atoms. The van der Waals surface area contributed by atoms with Gasteiger partial charge < -0.3 is 11.1 Å². The lowest BCUT2D eigenvalue weighted by atomic mass is 9.81. The summed E-state index contributed by atoms with van der Waals surface area (Å²) in [4.78, 5) is 12.0. The number of halogens is 4. The summed E-state index contributed by atoms with van der Waals surface area (Å²) in [5, 5.41) is 1.96. The van der Waals surface area contributed by atoms with E-state index < -0.39 is 40.8 Å². The summed E-state index contributed by atoms with van der Waals surface area (Å²) >= 11 is 0. The highest BCUT2D eigenvalue weighted by Crippen LogP contribution is 2.30. The average molecular weight is 304 g/mol. The number of carbonyl (C=O) groups is 1. The van der Waals surface area contributed by atoms with Gasteiger partial charge >= 0.3 is 0 Å². The molecule has 0 heterocycles. The Hall–Kier alpha value is -1.63. The van der Waals surface area contributed by atoms with E-state index in [2.05, 4.69) is 0 Å². The number of benzene rings is 1. The van der Waals surface area contributed by atoms with Gasteiger partial charge in [-0.1, -0.05) is 0 Å². The van der Waals surface area contributed by atoms with Crippen LogP contribution in [0.25, 0.3) is 0 Å². The van der Waals surface area contributed by atoms with Crippen LogP contribution in [0.5, 0.6) is 0 Å². The van der Waals surface area contributed by atoms with Crippen molar-refractivity contribution in [1.82, 2.24) is 0 Å². The lowest BCUT2D eigenvalue weighted by Gasteiger charge is -2.26. The predicted octanol–water partition coefficient (Wildman–Crippen LogP) is 2.95. The second-order valence-electron chi connectivity index (χ2n) is 5.29. The normalized spacial score (nSPS) is 22.1. The summed E-state index contributed by atoms with van der Waals surface area (Å²) in [6.07, 6.45) is 2.57. The van der Waals surface area contributed by atoms with E-state index in [1.165, 1.54) is 0 Å². The van der Waals surface area contributed by atoms with Crippen molar-refractivity contribution in [3.8, 4) is 0 Å². The van der Waals surface area contributed by atoms with Gasteiger partial charge in [0.2, 0.25) is 5.91 Å². The molecule has 0 aromatic heterocycles. The summed E-state index contributed by atoms with van der Waals surface area (Å²) < 4.78 is 53.1. The Kier molecular flexibility index (Phi) is 4.82. The molecule has 0 radical (unpaired) electrons. The maximum atomic E-state index is 13.5. The molecule has 2 rings (SSSR count). The van der Waals surface area contributed by atoms with E-state index in [4.69, 9.17) is 5.73 Å². The predicted molar refractivity (Wildman–Crippen MR) is 69.4 cm³/mol. The first-order valence-electron chi connectivity index (χ1n) is 6.78. The summed E-state index contributed by atoms with van der Waals surface area (Å²) in [5.74, 6) is -7.01. The maximum absolute atomic E-state index is 13.5. The monoisotopic (exact) mass is 304 g/mol. The van der Waals surface area contributed by atoms with Gasteiger partial charge in [0.25, 0.3) is 0 Å². The quantitative estimate of drug-likeness (QED) is 0.666. The van der Waals surface area contributed by atoms with Crippen LogP contribution in [-0.4, -0.2) is 12.5 Å². The van der Waals surface area contributed by atoms with Crippen LogP contribution in [0.3, 0.4) is 0 Å². The molecular weight excluding hydrogens is 288 g/mol. The SMILES string of the molecule is NCC1CCC(C(=O)Nc2c(F)c(F)cc(F)c2F)CC1. The van der Waals surface area contributed by atoms with E-state index in [1.54, 1.807) is 0 Å². The zero-order chi connectivity index (χ0) is 15.6.